The summed E-state index contributed by atoms with van der Waals surface area (Å²) < 4.78 is 0. The molecule has 0 radical (unpaired) electrons. The molecule has 1 heterocycles. The fraction of sp³-hybridized carbons (Fsp3) is 1.00. The fourth-order valence-electron chi connectivity index (χ4n) is 3.38. The lowest BCUT2D eigenvalue weighted by molar-refractivity contribution is 0.132. The Balaban J connectivity index is 1.92. The molecule has 2 rings (SSSR count). The minimum Gasteiger partial charge on any atom is -0.396 e. The van der Waals surface area contributed by atoms with Crippen molar-refractivity contribution in [3.8, 4) is 0 Å². The molecule has 1 N–H and O–H groups in total. The van der Waals surface area contributed by atoms with Gasteiger partial charge in [-0.3, -0.25) is 4.90 Å². The molecule has 88 valence electrons. The van der Waals surface area contributed by atoms with Gasteiger partial charge in [0.25, 0.3) is 0 Å². The maximum absolute atomic E-state index is 9.28. The third kappa shape index (κ3) is 2.54. The van der Waals surface area contributed by atoms with Crippen molar-refractivity contribution in [1.29, 1.82) is 0 Å². The molecule has 2 nitrogen and oxygen atoms in total. The van der Waals surface area contributed by atoms with Crippen LogP contribution in [0.2, 0.25) is 0 Å². The fourth-order valence-corrected chi connectivity index (χ4v) is 3.38. The highest BCUT2D eigenvalue weighted by Gasteiger charge is 2.34. The zero-order valence-electron chi connectivity index (χ0n) is 9.99. The molecular formula is C13H25NO. The van der Waals surface area contributed by atoms with E-state index in [9.17, 15) is 5.11 Å². The van der Waals surface area contributed by atoms with E-state index in [0.29, 0.717) is 18.6 Å². The zero-order valence-corrected chi connectivity index (χ0v) is 9.99. The van der Waals surface area contributed by atoms with Gasteiger partial charge in [0.2, 0.25) is 0 Å². The van der Waals surface area contributed by atoms with Gasteiger partial charge >= 0.3 is 0 Å². The summed E-state index contributed by atoms with van der Waals surface area (Å²) in [6, 6.07) is 1.43. The standard InChI is InChI=1S/C13H25NO/c1-11-12(10-15)8-9-14(11)13-6-4-2-3-5-7-13/h11-13,15H,2-10H2,1H3. The van der Waals surface area contributed by atoms with Crippen LogP contribution in [0.4, 0.5) is 0 Å². The maximum atomic E-state index is 9.28. The Labute approximate surface area is 93.7 Å². The largest absolute Gasteiger partial charge is 0.396 e. The van der Waals surface area contributed by atoms with E-state index in [2.05, 4.69) is 11.8 Å². The Morgan fingerprint density at radius 2 is 1.73 bits per heavy atom. The molecule has 15 heavy (non-hydrogen) atoms. The molecular weight excluding hydrogens is 186 g/mol. The second-order valence-electron chi connectivity index (χ2n) is 5.36. The van der Waals surface area contributed by atoms with Crippen molar-refractivity contribution in [2.24, 2.45) is 5.92 Å². The number of hydrogen-bond acceptors (Lipinski definition) is 2. The van der Waals surface area contributed by atoms with Gasteiger partial charge in [-0.15, -0.1) is 0 Å². The van der Waals surface area contributed by atoms with Crippen molar-refractivity contribution >= 4 is 0 Å². The highest BCUT2D eigenvalue weighted by molar-refractivity contribution is 4.88. The van der Waals surface area contributed by atoms with E-state index in [0.717, 1.165) is 6.04 Å². The van der Waals surface area contributed by atoms with Gasteiger partial charge in [0.1, 0.15) is 0 Å². The number of likely N-dealkylation sites (tertiary alicyclic amines) is 1. The predicted octanol–water partition coefficient (Wildman–Crippen LogP) is 2.41. The molecule has 2 heteroatoms. The monoisotopic (exact) mass is 211 g/mol. The van der Waals surface area contributed by atoms with E-state index in [4.69, 9.17) is 0 Å². The summed E-state index contributed by atoms with van der Waals surface area (Å²) in [4.78, 5) is 2.67. The van der Waals surface area contributed by atoms with E-state index >= 15 is 0 Å². The second kappa shape index (κ2) is 5.31. The highest BCUT2D eigenvalue weighted by atomic mass is 16.3. The van der Waals surface area contributed by atoms with Crippen molar-refractivity contribution in [1.82, 2.24) is 4.90 Å². The molecule has 0 aromatic heterocycles. The quantitative estimate of drug-likeness (QED) is 0.709. The minimum absolute atomic E-state index is 0.379. The number of aliphatic hydroxyl groups excluding tert-OH is 1. The molecule has 0 aromatic carbocycles. The molecule has 0 aromatic rings. The second-order valence-corrected chi connectivity index (χ2v) is 5.36. The van der Waals surface area contributed by atoms with Crippen molar-refractivity contribution in [3.63, 3.8) is 0 Å². The number of hydrogen-bond donors (Lipinski definition) is 1. The topological polar surface area (TPSA) is 23.5 Å². The van der Waals surface area contributed by atoms with Gasteiger partial charge in [-0.1, -0.05) is 25.7 Å². The summed E-state index contributed by atoms with van der Waals surface area (Å²) in [6.07, 6.45) is 9.68. The Hall–Kier alpha value is -0.0800. The van der Waals surface area contributed by atoms with Gasteiger partial charge in [0.15, 0.2) is 0 Å². The van der Waals surface area contributed by atoms with Crippen molar-refractivity contribution in [2.75, 3.05) is 13.2 Å². The van der Waals surface area contributed by atoms with Gasteiger partial charge in [0.05, 0.1) is 0 Å². The number of aliphatic hydroxyl groups is 1. The van der Waals surface area contributed by atoms with Crippen LogP contribution in [0.25, 0.3) is 0 Å². The third-order valence-electron chi connectivity index (χ3n) is 4.49. The summed E-state index contributed by atoms with van der Waals surface area (Å²) in [5.41, 5.74) is 0. The summed E-state index contributed by atoms with van der Waals surface area (Å²) in [5.74, 6) is 0.535. The summed E-state index contributed by atoms with van der Waals surface area (Å²) >= 11 is 0. The van der Waals surface area contributed by atoms with Crippen LogP contribution in [-0.2, 0) is 0 Å². The van der Waals surface area contributed by atoms with E-state index in [1.807, 2.05) is 0 Å². The first-order chi connectivity index (χ1) is 7.33. The molecule has 1 saturated heterocycles. The smallest absolute Gasteiger partial charge is 0.0474 e. The van der Waals surface area contributed by atoms with Gasteiger partial charge in [0, 0.05) is 18.7 Å². The number of rotatable bonds is 2. The Kier molecular flexibility index (Phi) is 4.04. The summed E-state index contributed by atoms with van der Waals surface area (Å²) in [6.45, 7) is 3.90. The van der Waals surface area contributed by atoms with Crippen LogP contribution < -0.4 is 0 Å². The molecule has 0 spiro atoms. The van der Waals surface area contributed by atoms with Gasteiger partial charge in [-0.2, -0.15) is 0 Å². The SMILES string of the molecule is CC1C(CO)CCN1C1CCCCCC1. The van der Waals surface area contributed by atoms with E-state index in [1.54, 1.807) is 0 Å². The van der Waals surface area contributed by atoms with Crippen molar-refractivity contribution in [3.05, 3.63) is 0 Å². The van der Waals surface area contributed by atoms with Crippen molar-refractivity contribution < 1.29 is 5.11 Å². The first-order valence-electron chi connectivity index (χ1n) is 6.69. The lowest BCUT2D eigenvalue weighted by atomic mass is 10.0. The Bertz CT molecular complexity index is 187. The molecule has 1 aliphatic heterocycles. The molecule has 2 unspecified atom stereocenters. The average Bonchev–Trinajstić information content (AvgIpc) is 2.49. The van der Waals surface area contributed by atoms with Crippen LogP contribution in [0.3, 0.4) is 0 Å². The Morgan fingerprint density at radius 3 is 2.27 bits per heavy atom. The highest BCUT2D eigenvalue weighted by Crippen LogP contribution is 2.31. The third-order valence-corrected chi connectivity index (χ3v) is 4.49. The lowest BCUT2D eigenvalue weighted by Gasteiger charge is -2.32. The van der Waals surface area contributed by atoms with Crippen LogP contribution in [0.5, 0.6) is 0 Å². The van der Waals surface area contributed by atoms with Crippen LogP contribution in [0.1, 0.15) is 51.9 Å². The molecule has 2 aliphatic rings. The molecule has 2 fully saturated rings. The van der Waals surface area contributed by atoms with E-state index < -0.39 is 0 Å². The van der Waals surface area contributed by atoms with Crippen LogP contribution >= 0.6 is 0 Å². The zero-order chi connectivity index (χ0) is 10.7. The van der Waals surface area contributed by atoms with Crippen LogP contribution in [0, 0.1) is 5.92 Å². The molecule has 0 amide bonds. The molecule has 1 saturated carbocycles. The van der Waals surface area contributed by atoms with E-state index in [1.165, 1.54) is 51.5 Å². The normalized spacial score (nSPS) is 35.6. The van der Waals surface area contributed by atoms with Crippen LogP contribution in [0.15, 0.2) is 0 Å². The summed E-state index contributed by atoms with van der Waals surface area (Å²) in [7, 11) is 0. The minimum atomic E-state index is 0.379. The van der Waals surface area contributed by atoms with Gasteiger partial charge in [-0.25, -0.2) is 0 Å². The van der Waals surface area contributed by atoms with Gasteiger partial charge in [-0.05, 0) is 38.6 Å². The molecule has 2 atom stereocenters. The van der Waals surface area contributed by atoms with Crippen LogP contribution in [-0.4, -0.2) is 35.2 Å². The predicted molar refractivity (Wildman–Crippen MR) is 62.9 cm³/mol. The first kappa shape index (κ1) is 11.4. The maximum Gasteiger partial charge on any atom is 0.0474 e. The average molecular weight is 211 g/mol. The number of nitrogens with zero attached hydrogens (tertiary/aromatic N) is 1. The molecule has 1 aliphatic carbocycles. The lowest BCUT2D eigenvalue weighted by Crippen LogP contribution is -2.39. The van der Waals surface area contributed by atoms with Gasteiger partial charge < -0.3 is 5.11 Å². The van der Waals surface area contributed by atoms with Crippen molar-refractivity contribution in [2.45, 2.75) is 64.0 Å². The first-order valence-corrected chi connectivity index (χ1v) is 6.69. The Morgan fingerprint density at radius 1 is 1.07 bits per heavy atom. The molecule has 0 bridgehead atoms. The van der Waals surface area contributed by atoms with E-state index in [-0.39, 0.29) is 0 Å². The summed E-state index contributed by atoms with van der Waals surface area (Å²) in [5, 5.41) is 9.28.